The molecule has 2 heterocycles. The molecule has 16 heavy (non-hydrogen) atoms. The number of hydrogen-bond acceptors (Lipinski definition) is 3. The molecule has 5 nitrogen and oxygen atoms in total. The molecule has 0 spiro atoms. The van der Waals surface area contributed by atoms with Gasteiger partial charge in [-0.3, -0.25) is 9.78 Å². The Morgan fingerprint density at radius 3 is 2.62 bits per heavy atom. The lowest BCUT2D eigenvalue weighted by Gasteiger charge is -1.92. The molecule has 1 aliphatic rings. The molecule has 0 atom stereocenters. The molecule has 1 saturated carbocycles. The highest BCUT2D eigenvalue weighted by molar-refractivity contribution is 5.60. The van der Waals surface area contributed by atoms with Crippen LogP contribution in [0.3, 0.4) is 0 Å². The largest absolute Gasteiger partial charge is 0.282 e. The van der Waals surface area contributed by atoms with Crippen LogP contribution in [0.25, 0.3) is 11.4 Å². The Morgan fingerprint density at radius 2 is 2.06 bits per heavy atom. The summed E-state index contributed by atoms with van der Waals surface area (Å²) in [5.74, 6) is 2.53. The SMILES string of the molecule is Cc1n[nH]c(C)c1-c1nc(C2CC2)n(C)n1. The van der Waals surface area contributed by atoms with E-state index in [0.717, 1.165) is 28.6 Å². The van der Waals surface area contributed by atoms with Gasteiger partial charge < -0.3 is 0 Å². The number of aryl methyl sites for hydroxylation is 3. The summed E-state index contributed by atoms with van der Waals surface area (Å²) in [6.45, 7) is 3.98. The van der Waals surface area contributed by atoms with Gasteiger partial charge >= 0.3 is 0 Å². The summed E-state index contributed by atoms with van der Waals surface area (Å²) in [5, 5.41) is 11.6. The Kier molecular flexibility index (Phi) is 1.89. The van der Waals surface area contributed by atoms with E-state index >= 15 is 0 Å². The van der Waals surface area contributed by atoms with Gasteiger partial charge in [0.15, 0.2) is 5.82 Å². The van der Waals surface area contributed by atoms with Crippen molar-refractivity contribution in [3.8, 4) is 11.4 Å². The summed E-state index contributed by atoms with van der Waals surface area (Å²) in [7, 11) is 1.97. The van der Waals surface area contributed by atoms with E-state index in [1.54, 1.807) is 0 Å². The monoisotopic (exact) mass is 217 g/mol. The van der Waals surface area contributed by atoms with Gasteiger partial charge in [0.05, 0.1) is 11.3 Å². The fourth-order valence-electron chi connectivity index (χ4n) is 2.08. The van der Waals surface area contributed by atoms with E-state index in [9.17, 15) is 0 Å². The zero-order valence-corrected chi connectivity index (χ0v) is 9.78. The number of aromatic nitrogens is 5. The van der Waals surface area contributed by atoms with Gasteiger partial charge in [0.1, 0.15) is 5.82 Å². The highest BCUT2D eigenvalue weighted by atomic mass is 15.3. The molecule has 0 bridgehead atoms. The predicted molar refractivity (Wildman–Crippen MR) is 60.0 cm³/mol. The first-order chi connectivity index (χ1) is 7.66. The van der Waals surface area contributed by atoms with Crippen LogP contribution in [0, 0.1) is 13.8 Å². The first-order valence-corrected chi connectivity index (χ1v) is 5.59. The predicted octanol–water partition coefficient (Wildman–Crippen LogP) is 1.70. The van der Waals surface area contributed by atoms with Crippen LogP contribution in [0.4, 0.5) is 0 Å². The van der Waals surface area contributed by atoms with Crippen molar-refractivity contribution in [2.75, 3.05) is 0 Å². The normalized spacial score (nSPS) is 15.7. The van der Waals surface area contributed by atoms with E-state index in [2.05, 4.69) is 20.3 Å². The standard InChI is InChI=1S/C11H15N5/c1-6-9(7(2)14-13-6)10-12-11(8-4-5-8)16(3)15-10/h8H,4-5H2,1-3H3,(H,13,14). The molecule has 84 valence electrons. The average Bonchev–Trinajstić information content (AvgIpc) is 2.93. The van der Waals surface area contributed by atoms with Gasteiger partial charge in [0.25, 0.3) is 0 Å². The molecule has 0 saturated heterocycles. The molecule has 2 aromatic heterocycles. The second kappa shape index (κ2) is 3.17. The van der Waals surface area contributed by atoms with E-state index in [1.165, 1.54) is 12.8 Å². The lowest BCUT2D eigenvalue weighted by atomic mass is 10.2. The van der Waals surface area contributed by atoms with Crippen molar-refractivity contribution in [1.82, 2.24) is 25.0 Å². The highest BCUT2D eigenvalue weighted by Crippen LogP contribution is 2.39. The third kappa shape index (κ3) is 1.35. The number of aromatic amines is 1. The first kappa shape index (κ1) is 9.57. The van der Waals surface area contributed by atoms with Crippen molar-refractivity contribution in [3.05, 3.63) is 17.2 Å². The van der Waals surface area contributed by atoms with Crippen LogP contribution in [-0.4, -0.2) is 25.0 Å². The fraction of sp³-hybridized carbons (Fsp3) is 0.545. The first-order valence-electron chi connectivity index (χ1n) is 5.59. The molecule has 1 fully saturated rings. The number of rotatable bonds is 2. The van der Waals surface area contributed by atoms with Crippen LogP contribution in [0.15, 0.2) is 0 Å². The van der Waals surface area contributed by atoms with Crippen molar-refractivity contribution in [2.24, 2.45) is 7.05 Å². The lowest BCUT2D eigenvalue weighted by molar-refractivity contribution is 0.705. The molecule has 2 aromatic rings. The molecule has 1 N–H and O–H groups in total. The summed E-state index contributed by atoms with van der Waals surface area (Å²) in [6, 6.07) is 0. The molecule has 0 aromatic carbocycles. The second-order valence-electron chi connectivity index (χ2n) is 4.50. The van der Waals surface area contributed by atoms with Crippen LogP contribution in [-0.2, 0) is 7.05 Å². The molecule has 0 radical (unpaired) electrons. The van der Waals surface area contributed by atoms with Crippen LogP contribution in [0.1, 0.15) is 36.0 Å². The molecular formula is C11H15N5. The molecule has 1 aliphatic carbocycles. The van der Waals surface area contributed by atoms with Crippen molar-refractivity contribution in [3.63, 3.8) is 0 Å². The number of hydrogen-bond donors (Lipinski definition) is 1. The Morgan fingerprint density at radius 1 is 1.31 bits per heavy atom. The fourth-order valence-corrected chi connectivity index (χ4v) is 2.08. The summed E-state index contributed by atoms with van der Waals surface area (Å²) < 4.78 is 1.90. The van der Waals surface area contributed by atoms with Gasteiger partial charge in [0, 0.05) is 18.7 Å². The van der Waals surface area contributed by atoms with Gasteiger partial charge in [-0.25, -0.2) is 4.98 Å². The van der Waals surface area contributed by atoms with Crippen LogP contribution < -0.4 is 0 Å². The number of H-pyrrole nitrogens is 1. The third-order valence-corrected chi connectivity index (χ3v) is 3.09. The van der Waals surface area contributed by atoms with Gasteiger partial charge in [0.2, 0.25) is 0 Å². The lowest BCUT2D eigenvalue weighted by Crippen LogP contribution is -1.96. The van der Waals surface area contributed by atoms with Gasteiger partial charge in [-0.1, -0.05) is 0 Å². The zero-order valence-electron chi connectivity index (χ0n) is 9.78. The maximum Gasteiger partial charge on any atom is 0.185 e. The minimum atomic E-state index is 0.624. The molecule has 0 aliphatic heterocycles. The van der Waals surface area contributed by atoms with Crippen molar-refractivity contribution >= 4 is 0 Å². The minimum Gasteiger partial charge on any atom is -0.282 e. The van der Waals surface area contributed by atoms with Crippen molar-refractivity contribution < 1.29 is 0 Å². The average molecular weight is 217 g/mol. The summed E-state index contributed by atoms with van der Waals surface area (Å²) in [5.41, 5.74) is 3.04. The van der Waals surface area contributed by atoms with Crippen molar-refractivity contribution in [1.29, 1.82) is 0 Å². The Labute approximate surface area is 93.9 Å². The second-order valence-corrected chi connectivity index (χ2v) is 4.50. The molecule has 3 rings (SSSR count). The van der Waals surface area contributed by atoms with E-state index in [-0.39, 0.29) is 0 Å². The highest BCUT2D eigenvalue weighted by Gasteiger charge is 2.29. The summed E-state index contributed by atoms with van der Waals surface area (Å²) in [6.07, 6.45) is 2.49. The number of nitrogens with one attached hydrogen (secondary N) is 1. The third-order valence-electron chi connectivity index (χ3n) is 3.09. The van der Waals surface area contributed by atoms with Crippen LogP contribution in [0.2, 0.25) is 0 Å². The smallest absolute Gasteiger partial charge is 0.185 e. The topological polar surface area (TPSA) is 59.4 Å². The zero-order chi connectivity index (χ0) is 11.3. The van der Waals surface area contributed by atoms with E-state index in [1.807, 2.05) is 25.6 Å². The minimum absolute atomic E-state index is 0.624. The Balaban J connectivity index is 2.09. The van der Waals surface area contributed by atoms with E-state index in [0.29, 0.717) is 5.92 Å². The Bertz CT molecular complexity index is 513. The van der Waals surface area contributed by atoms with Crippen molar-refractivity contribution in [2.45, 2.75) is 32.6 Å². The van der Waals surface area contributed by atoms with Gasteiger partial charge in [-0.05, 0) is 26.7 Å². The van der Waals surface area contributed by atoms with E-state index in [4.69, 9.17) is 0 Å². The summed E-state index contributed by atoms with van der Waals surface area (Å²) >= 11 is 0. The molecule has 0 amide bonds. The van der Waals surface area contributed by atoms with E-state index < -0.39 is 0 Å². The van der Waals surface area contributed by atoms with Gasteiger partial charge in [-0.2, -0.15) is 10.2 Å². The Hall–Kier alpha value is -1.65. The molecule has 5 heteroatoms. The quantitative estimate of drug-likeness (QED) is 0.832. The van der Waals surface area contributed by atoms with Crippen LogP contribution in [0.5, 0.6) is 0 Å². The van der Waals surface area contributed by atoms with Gasteiger partial charge in [-0.15, -0.1) is 0 Å². The maximum atomic E-state index is 4.63. The molecular weight excluding hydrogens is 202 g/mol. The number of nitrogens with zero attached hydrogens (tertiary/aromatic N) is 4. The summed E-state index contributed by atoms with van der Waals surface area (Å²) in [4.78, 5) is 4.63. The maximum absolute atomic E-state index is 4.63. The van der Waals surface area contributed by atoms with Crippen LogP contribution >= 0.6 is 0 Å². The molecule has 0 unspecified atom stereocenters.